The van der Waals surface area contributed by atoms with Crippen molar-refractivity contribution in [2.45, 2.75) is 12.5 Å². The number of para-hydroxylation sites is 1. The Hall–Kier alpha value is -2.30. The molecule has 1 aromatic carbocycles. The second-order valence-electron chi connectivity index (χ2n) is 4.67. The second-order valence-corrected chi connectivity index (χ2v) is 4.67. The van der Waals surface area contributed by atoms with Crippen LogP contribution in [0.25, 0.3) is 10.9 Å². The van der Waals surface area contributed by atoms with Crippen LogP contribution >= 0.6 is 0 Å². The van der Waals surface area contributed by atoms with Crippen LogP contribution in [0.1, 0.15) is 17.3 Å². The minimum absolute atomic E-state index is 0.0120. The van der Waals surface area contributed by atoms with Gasteiger partial charge in [0.05, 0.1) is 17.3 Å². The van der Waals surface area contributed by atoms with E-state index in [0.717, 1.165) is 23.0 Å². The van der Waals surface area contributed by atoms with Crippen molar-refractivity contribution in [2.75, 3.05) is 0 Å². The van der Waals surface area contributed by atoms with E-state index in [2.05, 4.69) is 21.5 Å². The Morgan fingerprint density at radius 1 is 0.950 bits per heavy atom. The third-order valence-electron chi connectivity index (χ3n) is 3.41. The van der Waals surface area contributed by atoms with Crippen molar-refractivity contribution in [3.8, 4) is 0 Å². The summed E-state index contributed by atoms with van der Waals surface area (Å²) in [5, 5.41) is 1.16. The lowest BCUT2D eigenvalue weighted by molar-refractivity contribution is 0.540. The van der Waals surface area contributed by atoms with E-state index in [-0.39, 0.29) is 6.04 Å². The van der Waals surface area contributed by atoms with E-state index in [9.17, 15) is 0 Å². The minimum atomic E-state index is -0.0120. The van der Waals surface area contributed by atoms with Crippen molar-refractivity contribution in [2.24, 2.45) is 5.84 Å². The molecule has 0 spiro atoms. The van der Waals surface area contributed by atoms with Crippen molar-refractivity contribution >= 4 is 10.9 Å². The van der Waals surface area contributed by atoms with Gasteiger partial charge in [-0.1, -0.05) is 24.3 Å². The Bertz CT molecular complexity index is 692. The molecule has 1 unspecified atom stereocenters. The van der Waals surface area contributed by atoms with Gasteiger partial charge in [0.1, 0.15) is 0 Å². The van der Waals surface area contributed by atoms with E-state index >= 15 is 0 Å². The zero-order valence-corrected chi connectivity index (χ0v) is 11.0. The van der Waals surface area contributed by atoms with Crippen molar-refractivity contribution < 1.29 is 0 Å². The van der Waals surface area contributed by atoms with Crippen LogP contribution in [0.15, 0.2) is 60.9 Å². The van der Waals surface area contributed by atoms with Crippen LogP contribution in [-0.4, -0.2) is 9.97 Å². The lowest BCUT2D eigenvalue weighted by Gasteiger charge is -2.16. The Morgan fingerprint density at radius 2 is 1.80 bits per heavy atom. The molecule has 3 aromatic rings. The number of hydrogen-bond donors (Lipinski definition) is 2. The van der Waals surface area contributed by atoms with Crippen LogP contribution in [0, 0.1) is 0 Å². The molecule has 3 rings (SSSR count). The van der Waals surface area contributed by atoms with Crippen molar-refractivity contribution in [3.05, 3.63) is 72.2 Å². The van der Waals surface area contributed by atoms with Gasteiger partial charge in [0.15, 0.2) is 0 Å². The molecule has 4 nitrogen and oxygen atoms in total. The maximum absolute atomic E-state index is 5.69. The molecule has 0 bridgehead atoms. The van der Waals surface area contributed by atoms with Crippen LogP contribution in [-0.2, 0) is 6.42 Å². The molecule has 2 aromatic heterocycles. The topological polar surface area (TPSA) is 63.8 Å². The summed E-state index contributed by atoms with van der Waals surface area (Å²) >= 11 is 0. The average molecular weight is 264 g/mol. The molecule has 0 aliphatic carbocycles. The molecule has 0 aliphatic heterocycles. The van der Waals surface area contributed by atoms with Gasteiger partial charge in [-0.15, -0.1) is 0 Å². The van der Waals surface area contributed by atoms with Gasteiger partial charge in [0.25, 0.3) is 0 Å². The van der Waals surface area contributed by atoms with E-state index in [1.54, 1.807) is 6.20 Å². The summed E-state index contributed by atoms with van der Waals surface area (Å²) < 4.78 is 0. The molecular formula is C16H16N4. The van der Waals surface area contributed by atoms with Gasteiger partial charge in [-0.05, 0) is 36.2 Å². The second kappa shape index (κ2) is 5.77. The smallest absolute Gasteiger partial charge is 0.0704 e. The van der Waals surface area contributed by atoms with Crippen LogP contribution in [0.5, 0.6) is 0 Å². The molecule has 0 saturated carbocycles. The number of hydrazine groups is 1. The Morgan fingerprint density at radius 3 is 2.60 bits per heavy atom. The van der Waals surface area contributed by atoms with Gasteiger partial charge in [-0.3, -0.25) is 21.2 Å². The van der Waals surface area contributed by atoms with Gasteiger partial charge in [0.2, 0.25) is 0 Å². The molecule has 0 aliphatic rings. The maximum Gasteiger partial charge on any atom is 0.0704 e. The lowest BCUT2D eigenvalue weighted by Crippen LogP contribution is -2.30. The normalized spacial score (nSPS) is 12.4. The first-order valence-electron chi connectivity index (χ1n) is 6.58. The lowest BCUT2D eigenvalue weighted by atomic mass is 10.00. The van der Waals surface area contributed by atoms with Crippen molar-refractivity contribution in [1.29, 1.82) is 0 Å². The average Bonchev–Trinajstić information content (AvgIpc) is 2.53. The SMILES string of the molecule is NNC(Cc1ccnc2ccccc12)c1ccccn1. The molecule has 3 N–H and O–H groups in total. The molecule has 2 heterocycles. The predicted molar refractivity (Wildman–Crippen MR) is 79.7 cm³/mol. The van der Waals surface area contributed by atoms with Crippen LogP contribution in [0.4, 0.5) is 0 Å². The first-order chi connectivity index (χ1) is 9.88. The molecular weight excluding hydrogens is 248 g/mol. The number of nitrogens with two attached hydrogens (primary N) is 1. The van der Waals surface area contributed by atoms with Crippen LogP contribution < -0.4 is 11.3 Å². The number of aromatic nitrogens is 2. The third-order valence-corrected chi connectivity index (χ3v) is 3.41. The number of rotatable bonds is 4. The quantitative estimate of drug-likeness (QED) is 0.561. The molecule has 4 heteroatoms. The number of pyridine rings is 2. The largest absolute Gasteiger partial charge is 0.271 e. The summed E-state index contributed by atoms with van der Waals surface area (Å²) in [4.78, 5) is 8.75. The summed E-state index contributed by atoms with van der Waals surface area (Å²) in [6, 6.07) is 16.0. The highest BCUT2D eigenvalue weighted by molar-refractivity contribution is 5.81. The maximum atomic E-state index is 5.69. The summed E-state index contributed by atoms with van der Waals surface area (Å²) in [5.41, 5.74) is 6.00. The third kappa shape index (κ3) is 2.52. The molecule has 0 saturated heterocycles. The highest BCUT2D eigenvalue weighted by Crippen LogP contribution is 2.22. The number of nitrogens with zero attached hydrogens (tertiary/aromatic N) is 2. The molecule has 20 heavy (non-hydrogen) atoms. The van der Waals surface area contributed by atoms with Crippen molar-refractivity contribution in [3.63, 3.8) is 0 Å². The fourth-order valence-electron chi connectivity index (χ4n) is 2.38. The Balaban J connectivity index is 1.96. The summed E-state index contributed by atoms with van der Waals surface area (Å²) in [5.74, 6) is 5.69. The predicted octanol–water partition coefficient (Wildman–Crippen LogP) is 2.38. The van der Waals surface area contributed by atoms with Gasteiger partial charge >= 0.3 is 0 Å². The monoisotopic (exact) mass is 264 g/mol. The summed E-state index contributed by atoms with van der Waals surface area (Å²) in [6.07, 6.45) is 4.39. The number of fused-ring (bicyclic) bond motifs is 1. The molecule has 1 atom stereocenters. The number of nitrogens with one attached hydrogen (secondary N) is 1. The number of benzene rings is 1. The van der Waals surface area contributed by atoms with Gasteiger partial charge in [0, 0.05) is 17.8 Å². The highest BCUT2D eigenvalue weighted by atomic mass is 15.2. The van der Waals surface area contributed by atoms with E-state index in [1.165, 1.54) is 5.56 Å². The molecule has 0 fully saturated rings. The Kier molecular flexibility index (Phi) is 3.67. The van der Waals surface area contributed by atoms with E-state index in [1.807, 2.05) is 48.7 Å². The van der Waals surface area contributed by atoms with E-state index in [0.29, 0.717) is 0 Å². The van der Waals surface area contributed by atoms with Gasteiger partial charge in [-0.25, -0.2) is 0 Å². The molecule has 0 radical (unpaired) electrons. The highest BCUT2D eigenvalue weighted by Gasteiger charge is 2.13. The minimum Gasteiger partial charge on any atom is -0.271 e. The fraction of sp³-hybridized carbons (Fsp3) is 0.125. The summed E-state index contributed by atoms with van der Waals surface area (Å²) in [6.45, 7) is 0. The first kappa shape index (κ1) is 12.7. The van der Waals surface area contributed by atoms with E-state index in [4.69, 9.17) is 5.84 Å². The first-order valence-corrected chi connectivity index (χ1v) is 6.58. The summed E-state index contributed by atoms with van der Waals surface area (Å²) in [7, 11) is 0. The Labute approximate surface area is 117 Å². The van der Waals surface area contributed by atoms with Crippen molar-refractivity contribution in [1.82, 2.24) is 15.4 Å². The van der Waals surface area contributed by atoms with Gasteiger partial charge in [-0.2, -0.15) is 0 Å². The fourth-order valence-corrected chi connectivity index (χ4v) is 2.38. The zero-order valence-electron chi connectivity index (χ0n) is 11.0. The van der Waals surface area contributed by atoms with Crippen LogP contribution in [0.3, 0.4) is 0 Å². The van der Waals surface area contributed by atoms with Crippen LogP contribution in [0.2, 0.25) is 0 Å². The standard InChI is InChI=1S/C16H16N4/c17-20-16(15-7-3-4-9-18-15)11-12-8-10-19-14-6-2-1-5-13(12)14/h1-10,16,20H,11,17H2. The van der Waals surface area contributed by atoms with E-state index < -0.39 is 0 Å². The molecule has 0 amide bonds. The molecule has 100 valence electrons. The van der Waals surface area contributed by atoms with Gasteiger partial charge < -0.3 is 0 Å². The number of hydrogen-bond acceptors (Lipinski definition) is 4. The zero-order chi connectivity index (χ0) is 13.8.